The van der Waals surface area contributed by atoms with Crippen LogP contribution in [-0.4, -0.2) is 39.9 Å². The molecule has 0 spiro atoms. The van der Waals surface area contributed by atoms with Crippen LogP contribution in [0.1, 0.15) is 30.6 Å². The highest BCUT2D eigenvalue weighted by Crippen LogP contribution is 2.30. The van der Waals surface area contributed by atoms with E-state index in [1.807, 2.05) is 6.92 Å². The van der Waals surface area contributed by atoms with E-state index >= 15 is 0 Å². The monoisotopic (exact) mass is 297 g/mol. The van der Waals surface area contributed by atoms with Crippen LogP contribution in [0.2, 0.25) is 0 Å². The summed E-state index contributed by atoms with van der Waals surface area (Å²) < 4.78 is 9.88. The lowest BCUT2D eigenvalue weighted by molar-refractivity contribution is -0.140. The van der Waals surface area contributed by atoms with Gasteiger partial charge in [-0.25, -0.2) is 14.8 Å². The zero-order chi connectivity index (χ0) is 14.7. The number of hydrogen-bond donors (Lipinski definition) is 1. The SMILES string of the molecule is CCOC(=O)c1cnc(S[C@H]2C[C@H](C)OC2=O)nc1N. The Bertz CT molecular complexity index is 537. The van der Waals surface area contributed by atoms with E-state index in [-0.39, 0.29) is 35.3 Å². The van der Waals surface area contributed by atoms with Gasteiger partial charge < -0.3 is 15.2 Å². The van der Waals surface area contributed by atoms with Crippen LogP contribution in [0.5, 0.6) is 0 Å². The Labute approximate surface area is 120 Å². The molecule has 0 saturated carbocycles. The normalized spacial score (nSPS) is 21.6. The molecule has 1 aliphatic rings. The molecule has 0 amide bonds. The zero-order valence-corrected chi connectivity index (χ0v) is 12.0. The lowest BCUT2D eigenvalue weighted by atomic mass is 10.3. The van der Waals surface area contributed by atoms with E-state index in [1.165, 1.54) is 18.0 Å². The summed E-state index contributed by atoms with van der Waals surface area (Å²) in [5.41, 5.74) is 5.83. The van der Waals surface area contributed by atoms with Crippen LogP contribution in [0.3, 0.4) is 0 Å². The molecule has 0 radical (unpaired) electrons. The summed E-state index contributed by atoms with van der Waals surface area (Å²) in [4.78, 5) is 31.1. The Hall–Kier alpha value is -1.83. The van der Waals surface area contributed by atoms with Crippen molar-refractivity contribution in [2.45, 2.75) is 36.8 Å². The first-order chi connectivity index (χ1) is 9.51. The number of ether oxygens (including phenoxy) is 2. The average Bonchev–Trinajstić information content (AvgIpc) is 2.68. The number of nitrogens with two attached hydrogens (primary N) is 1. The van der Waals surface area contributed by atoms with E-state index in [4.69, 9.17) is 15.2 Å². The Kier molecular flexibility index (Phi) is 4.43. The van der Waals surface area contributed by atoms with Crippen molar-refractivity contribution in [1.82, 2.24) is 9.97 Å². The molecule has 0 bridgehead atoms. The number of anilines is 1. The van der Waals surface area contributed by atoms with Gasteiger partial charge in [-0.1, -0.05) is 11.8 Å². The van der Waals surface area contributed by atoms with Crippen molar-refractivity contribution in [3.05, 3.63) is 11.8 Å². The first-order valence-corrected chi connectivity index (χ1v) is 7.06. The zero-order valence-electron chi connectivity index (χ0n) is 11.2. The number of nitrogens with zero attached hydrogens (tertiary/aromatic N) is 2. The highest BCUT2D eigenvalue weighted by molar-refractivity contribution is 8.00. The molecule has 0 aliphatic carbocycles. The van der Waals surface area contributed by atoms with Crippen molar-refractivity contribution in [3.8, 4) is 0 Å². The number of aromatic nitrogens is 2. The summed E-state index contributed by atoms with van der Waals surface area (Å²) in [6, 6.07) is 0. The van der Waals surface area contributed by atoms with Crippen LogP contribution in [0, 0.1) is 0 Å². The molecule has 2 N–H and O–H groups in total. The minimum absolute atomic E-state index is 0.0420. The molecular weight excluding hydrogens is 282 g/mol. The van der Waals surface area contributed by atoms with E-state index in [0.717, 1.165) is 0 Å². The van der Waals surface area contributed by atoms with Gasteiger partial charge in [-0.05, 0) is 13.8 Å². The number of hydrogen-bond acceptors (Lipinski definition) is 8. The third-order valence-corrected chi connectivity index (χ3v) is 3.74. The van der Waals surface area contributed by atoms with Gasteiger partial charge in [0, 0.05) is 12.6 Å². The second-order valence-corrected chi connectivity index (χ2v) is 5.43. The fourth-order valence-electron chi connectivity index (χ4n) is 1.74. The van der Waals surface area contributed by atoms with Gasteiger partial charge in [0.1, 0.15) is 22.7 Å². The average molecular weight is 297 g/mol. The van der Waals surface area contributed by atoms with E-state index in [2.05, 4.69) is 9.97 Å². The molecule has 2 heterocycles. The third kappa shape index (κ3) is 3.19. The van der Waals surface area contributed by atoms with Crippen molar-refractivity contribution in [2.75, 3.05) is 12.3 Å². The van der Waals surface area contributed by atoms with Gasteiger partial charge in [0.15, 0.2) is 5.16 Å². The van der Waals surface area contributed by atoms with Crippen molar-refractivity contribution in [1.29, 1.82) is 0 Å². The molecule has 1 aliphatic heterocycles. The number of rotatable bonds is 4. The maximum absolute atomic E-state index is 11.6. The molecule has 1 aromatic heterocycles. The maximum atomic E-state index is 11.6. The van der Waals surface area contributed by atoms with Gasteiger partial charge in [-0.15, -0.1) is 0 Å². The predicted octanol–water partition coefficient (Wildman–Crippen LogP) is 1.03. The molecule has 2 atom stereocenters. The number of nitrogen functional groups attached to an aromatic ring is 1. The predicted molar refractivity (Wildman–Crippen MR) is 72.2 cm³/mol. The molecule has 0 aromatic carbocycles. The Morgan fingerprint density at radius 2 is 2.40 bits per heavy atom. The summed E-state index contributed by atoms with van der Waals surface area (Å²) in [7, 11) is 0. The fraction of sp³-hybridized carbons (Fsp3) is 0.500. The largest absolute Gasteiger partial charge is 0.462 e. The molecule has 20 heavy (non-hydrogen) atoms. The van der Waals surface area contributed by atoms with Crippen LogP contribution >= 0.6 is 11.8 Å². The maximum Gasteiger partial charge on any atom is 0.343 e. The third-order valence-electron chi connectivity index (χ3n) is 2.67. The van der Waals surface area contributed by atoms with Gasteiger partial charge in [-0.3, -0.25) is 4.79 Å². The highest BCUT2D eigenvalue weighted by atomic mass is 32.2. The van der Waals surface area contributed by atoms with E-state index in [0.29, 0.717) is 11.6 Å². The van der Waals surface area contributed by atoms with Gasteiger partial charge in [0.2, 0.25) is 0 Å². The summed E-state index contributed by atoms with van der Waals surface area (Å²) in [5, 5.41) is 0.00411. The molecule has 108 valence electrons. The second kappa shape index (κ2) is 6.08. The number of thioether (sulfide) groups is 1. The molecule has 1 aromatic rings. The fourth-order valence-corrected chi connectivity index (χ4v) is 2.78. The second-order valence-electron chi connectivity index (χ2n) is 4.26. The molecular formula is C12H15N3O4S. The number of cyclic esters (lactones) is 1. The van der Waals surface area contributed by atoms with E-state index in [9.17, 15) is 9.59 Å². The standard InChI is InChI=1S/C12H15N3O4S/c1-3-18-10(16)7-5-14-12(15-9(7)13)20-8-4-6(2)19-11(8)17/h5-6,8H,3-4H2,1-2H3,(H2,13,14,15)/t6-,8-/m0/s1. The summed E-state index contributed by atoms with van der Waals surface area (Å²) in [6.07, 6.45) is 1.81. The summed E-state index contributed by atoms with van der Waals surface area (Å²) >= 11 is 1.18. The van der Waals surface area contributed by atoms with Gasteiger partial charge in [-0.2, -0.15) is 0 Å². The molecule has 1 fully saturated rings. The minimum atomic E-state index is -0.560. The van der Waals surface area contributed by atoms with E-state index in [1.54, 1.807) is 6.92 Å². The minimum Gasteiger partial charge on any atom is -0.462 e. The van der Waals surface area contributed by atoms with Crippen molar-refractivity contribution in [3.63, 3.8) is 0 Å². The van der Waals surface area contributed by atoms with Gasteiger partial charge in [0.05, 0.1) is 6.61 Å². The number of esters is 2. The Morgan fingerprint density at radius 3 is 2.95 bits per heavy atom. The van der Waals surface area contributed by atoms with Crippen LogP contribution < -0.4 is 5.73 Å². The quantitative estimate of drug-likeness (QED) is 0.649. The van der Waals surface area contributed by atoms with Crippen LogP contribution in [0.15, 0.2) is 11.4 Å². The summed E-state index contributed by atoms with van der Waals surface area (Å²) in [5.74, 6) is -0.796. The molecule has 7 nitrogen and oxygen atoms in total. The lowest BCUT2D eigenvalue weighted by Gasteiger charge is -2.07. The molecule has 2 rings (SSSR count). The molecule has 8 heteroatoms. The van der Waals surface area contributed by atoms with E-state index < -0.39 is 5.97 Å². The smallest absolute Gasteiger partial charge is 0.343 e. The Morgan fingerprint density at radius 1 is 1.65 bits per heavy atom. The topological polar surface area (TPSA) is 104 Å². The Balaban J connectivity index is 2.09. The van der Waals surface area contributed by atoms with Gasteiger partial charge in [0.25, 0.3) is 0 Å². The number of carbonyl (C=O) groups is 2. The van der Waals surface area contributed by atoms with Crippen molar-refractivity contribution >= 4 is 29.5 Å². The molecule has 0 unspecified atom stereocenters. The van der Waals surface area contributed by atoms with Crippen LogP contribution in [0.25, 0.3) is 0 Å². The lowest BCUT2D eigenvalue weighted by Crippen LogP contribution is -2.13. The van der Waals surface area contributed by atoms with Gasteiger partial charge >= 0.3 is 11.9 Å². The van der Waals surface area contributed by atoms with Crippen LogP contribution in [-0.2, 0) is 14.3 Å². The first kappa shape index (κ1) is 14.6. The summed E-state index contributed by atoms with van der Waals surface area (Å²) in [6.45, 7) is 3.78. The number of carbonyl (C=O) groups excluding carboxylic acids is 2. The molecule has 1 saturated heterocycles. The first-order valence-electron chi connectivity index (χ1n) is 6.18. The highest BCUT2D eigenvalue weighted by Gasteiger charge is 2.33. The van der Waals surface area contributed by atoms with Crippen LogP contribution in [0.4, 0.5) is 5.82 Å². The van der Waals surface area contributed by atoms with Crippen molar-refractivity contribution in [2.24, 2.45) is 0 Å². The van der Waals surface area contributed by atoms with Crippen molar-refractivity contribution < 1.29 is 19.1 Å².